The molecule has 1 aliphatic heterocycles. The van der Waals surface area contributed by atoms with Crippen molar-refractivity contribution >= 4 is 17.7 Å². The van der Waals surface area contributed by atoms with Crippen LogP contribution in [0.5, 0.6) is 0 Å². The van der Waals surface area contributed by atoms with E-state index in [1.807, 2.05) is 11.0 Å². The van der Waals surface area contributed by atoms with Crippen LogP contribution in [0.25, 0.3) is 5.69 Å². The summed E-state index contributed by atoms with van der Waals surface area (Å²) in [5.74, 6) is 0. The van der Waals surface area contributed by atoms with E-state index in [1.165, 1.54) is 6.07 Å². The molecule has 1 aromatic heterocycles. The maximum absolute atomic E-state index is 11.4. The Kier molecular flexibility index (Phi) is 3.43. The summed E-state index contributed by atoms with van der Waals surface area (Å²) in [5.41, 5.74) is 1.83. The maximum atomic E-state index is 11.4. The molecule has 0 bridgehead atoms. The molecule has 1 saturated heterocycles. The van der Waals surface area contributed by atoms with Crippen molar-refractivity contribution in [2.45, 2.75) is 12.8 Å². The molecule has 1 aromatic carbocycles. The van der Waals surface area contributed by atoms with Crippen molar-refractivity contribution in [2.24, 2.45) is 0 Å². The van der Waals surface area contributed by atoms with E-state index in [-0.39, 0.29) is 10.6 Å². The summed E-state index contributed by atoms with van der Waals surface area (Å²) in [6.45, 7) is 1.70. The predicted octanol–water partition coefficient (Wildman–Crippen LogP) is 2.80. The zero-order valence-electron chi connectivity index (χ0n) is 11.4. The predicted molar refractivity (Wildman–Crippen MR) is 79.3 cm³/mol. The van der Waals surface area contributed by atoms with Gasteiger partial charge in [-0.3, -0.25) is 14.9 Å². The SMILES string of the molecule is O=Cc1cccn1-c1ccc(N2CCCC2)c([N+](=O)[O-])c1. The van der Waals surface area contributed by atoms with Crippen LogP contribution in [-0.2, 0) is 0 Å². The van der Waals surface area contributed by atoms with Crippen LogP contribution < -0.4 is 4.90 Å². The zero-order chi connectivity index (χ0) is 14.8. The lowest BCUT2D eigenvalue weighted by Crippen LogP contribution is -2.19. The van der Waals surface area contributed by atoms with Crippen molar-refractivity contribution in [1.29, 1.82) is 0 Å². The second-order valence-electron chi connectivity index (χ2n) is 5.05. The number of carbonyl (C=O) groups excluding carboxylic acids is 1. The van der Waals surface area contributed by atoms with Gasteiger partial charge < -0.3 is 9.47 Å². The number of aromatic nitrogens is 1. The Morgan fingerprint density at radius 1 is 1.19 bits per heavy atom. The molecule has 2 heterocycles. The van der Waals surface area contributed by atoms with Gasteiger partial charge in [-0.15, -0.1) is 0 Å². The van der Waals surface area contributed by atoms with E-state index < -0.39 is 0 Å². The Bertz CT molecular complexity index is 687. The van der Waals surface area contributed by atoms with Gasteiger partial charge in [-0.05, 0) is 37.1 Å². The van der Waals surface area contributed by atoms with Crippen molar-refractivity contribution in [3.8, 4) is 5.69 Å². The average Bonchev–Trinajstić information content (AvgIpc) is 3.17. The van der Waals surface area contributed by atoms with Gasteiger partial charge in [0.15, 0.2) is 6.29 Å². The molecule has 0 radical (unpaired) electrons. The minimum atomic E-state index is -0.360. The molecular weight excluding hydrogens is 270 g/mol. The molecule has 0 atom stereocenters. The van der Waals surface area contributed by atoms with Crippen molar-refractivity contribution in [3.63, 3.8) is 0 Å². The van der Waals surface area contributed by atoms with Gasteiger partial charge >= 0.3 is 0 Å². The number of hydrogen-bond donors (Lipinski definition) is 0. The Labute approximate surface area is 121 Å². The number of carbonyl (C=O) groups is 1. The molecule has 6 heteroatoms. The van der Waals surface area contributed by atoms with Gasteiger partial charge in [0.25, 0.3) is 5.69 Å². The van der Waals surface area contributed by atoms with Crippen molar-refractivity contribution < 1.29 is 9.72 Å². The van der Waals surface area contributed by atoms with E-state index in [1.54, 1.807) is 29.0 Å². The number of nitro benzene ring substituents is 1. The first-order chi connectivity index (χ1) is 10.2. The molecule has 0 spiro atoms. The lowest BCUT2D eigenvalue weighted by atomic mass is 10.2. The Hall–Kier alpha value is -2.63. The van der Waals surface area contributed by atoms with Crippen molar-refractivity contribution in [1.82, 2.24) is 4.57 Å². The van der Waals surface area contributed by atoms with Crippen LogP contribution in [0.4, 0.5) is 11.4 Å². The first kappa shape index (κ1) is 13.4. The van der Waals surface area contributed by atoms with Gasteiger partial charge in [0.05, 0.1) is 16.3 Å². The molecule has 2 aromatic rings. The van der Waals surface area contributed by atoms with E-state index in [9.17, 15) is 14.9 Å². The fourth-order valence-electron chi connectivity index (χ4n) is 2.76. The summed E-state index contributed by atoms with van der Waals surface area (Å²) < 4.78 is 1.65. The minimum absolute atomic E-state index is 0.0833. The number of hydrogen-bond acceptors (Lipinski definition) is 4. The zero-order valence-corrected chi connectivity index (χ0v) is 11.4. The van der Waals surface area contributed by atoms with Crippen LogP contribution in [0.2, 0.25) is 0 Å². The third-order valence-electron chi connectivity index (χ3n) is 3.78. The third-order valence-corrected chi connectivity index (χ3v) is 3.78. The number of nitro groups is 1. The van der Waals surface area contributed by atoms with E-state index in [0.29, 0.717) is 17.1 Å². The molecular formula is C15H15N3O3. The molecule has 1 aliphatic rings. The van der Waals surface area contributed by atoms with Crippen LogP contribution in [0.3, 0.4) is 0 Å². The van der Waals surface area contributed by atoms with Gasteiger partial charge in [0, 0.05) is 25.4 Å². The molecule has 21 heavy (non-hydrogen) atoms. The molecule has 0 aliphatic carbocycles. The monoisotopic (exact) mass is 285 g/mol. The van der Waals surface area contributed by atoms with E-state index >= 15 is 0 Å². The highest BCUT2D eigenvalue weighted by Gasteiger charge is 2.23. The third kappa shape index (κ3) is 2.40. The Morgan fingerprint density at radius 3 is 2.62 bits per heavy atom. The van der Waals surface area contributed by atoms with Crippen LogP contribution in [-0.4, -0.2) is 28.9 Å². The van der Waals surface area contributed by atoms with Crippen molar-refractivity contribution in [3.05, 3.63) is 52.3 Å². The smallest absolute Gasteiger partial charge is 0.294 e. The first-order valence-corrected chi connectivity index (χ1v) is 6.87. The van der Waals surface area contributed by atoms with Crippen molar-refractivity contribution in [2.75, 3.05) is 18.0 Å². The van der Waals surface area contributed by atoms with Crippen LogP contribution >= 0.6 is 0 Å². The first-order valence-electron chi connectivity index (χ1n) is 6.87. The molecule has 1 fully saturated rings. The van der Waals surface area contributed by atoms with Gasteiger partial charge in [-0.2, -0.15) is 0 Å². The molecule has 3 rings (SSSR count). The van der Waals surface area contributed by atoms with Crippen LogP contribution in [0.15, 0.2) is 36.5 Å². The fraction of sp³-hybridized carbons (Fsp3) is 0.267. The fourth-order valence-corrected chi connectivity index (χ4v) is 2.76. The summed E-state index contributed by atoms with van der Waals surface area (Å²) in [6.07, 6.45) is 4.58. The molecule has 0 unspecified atom stereocenters. The number of nitrogens with zero attached hydrogens (tertiary/aromatic N) is 3. The van der Waals surface area contributed by atoms with Gasteiger partial charge in [-0.1, -0.05) is 0 Å². The second-order valence-corrected chi connectivity index (χ2v) is 5.05. The van der Waals surface area contributed by atoms with E-state index in [4.69, 9.17) is 0 Å². The molecule has 108 valence electrons. The summed E-state index contributed by atoms with van der Waals surface area (Å²) in [7, 11) is 0. The van der Waals surface area contributed by atoms with E-state index in [0.717, 1.165) is 32.2 Å². The highest BCUT2D eigenvalue weighted by Crippen LogP contribution is 2.32. The summed E-state index contributed by atoms with van der Waals surface area (Å²) in [5, 5.41) is 11.4. The highest BCUT2D eigenvalue weighted by atomic mass is 16.6. The minimum Gasteiger partial charge on any atom is -0.366 e. The number of anilines is 1. The maximum Gasteiger partial charge on any atom is 0.294 e. The van der Waals surface area contributed by atoms with E-state index in [2.05, 4.69) is 0 Å². The average molecular weight is 285 g/mol. The summed E-state index contributed by atoms with van der Waals surface area (Å²) >= 11 is 0. The normalized spacial score (nSPS) is 14.4. The number of rotatable bonds is 4. The Morgan fingerprint density at radius 2 is 1.95 bits per heavy atom. The molecule has 0 saturated carbocycles. The quantitative estimate of drug-likeness (QED) is 0.492. The highest BCUT2D eigenvalue weighted by molar-refractivity contribution is 5.75. The Balaban J connectivity index is 2.07. The van der Waals surface area contributed by atoms with Gasteiger partial charge in [0.1, 0.15) is 5.69 Å². The number of benzene rings is 1. The number of aldehydes is 1. The topological polar surface area (TPSA) is 68.4 Å². The van der Waals surface area contributed by atoms with Gasteiger partial charge in [0.2, 0.25) is 0 Å². The lowest BCUT2D eigenvalue weighted by molar-refractivity contribution is -0.384. The molecule has 0 amide bonds. The second kappa shape index (κ2) is 5.40. The summed E-state index contributed by atoms with van der Waals surface area (Å²) in [6, 6.07) is 8.53. The largest absolute Gasteiger partial charge is 0.366 e. The standard InChI is InChI=1S/C15H15N3O3/c19-11-13-4-3-9-17(13)12-5-6-14(15(10-12)18(20)21)16-7-1-2-8-16/h3-6,9-11H,1-2,7-8H2. The molecule has 0 N–H and O–H groups in total. The lowest BCUT2D eigenvalue weighted by Gasteiger charge is -2.18. The molecule has 6 nitrogen and oxygen atoms in total. The van der Waals surface area contributed by atoms with Gasteiger partial charge in [-0.25, -0.2) is 0 Å². The van der Waals surface area contributed by atoms with Crippen LogP contribution in [0.1, 0.15) is 23.3 Å². The van der Waals surface area contributed by atoms with Crippen LogP contribution in [0, 0.1) is 10.1 Å². The summed E-state index contributed by atoms with van der Waals surface area (Å²) in [4.78, 5) is 24.0.